The van der Waals surface area contributed by atoms with Gasteiger partial charge in [0.2, 0.25) is 11.9 Å². The molecule has 7 heteroatoms. The second-order valence-corrected chi connectivity index (χ2v) is 6.72. The van der Waals surface area contributed by atoms with Crippen molar-refractivity contribution < 1.29 is 4.79 Å². The van der Waals surface area contributed by atoms with Gasteiger partial charge in [-0.3, -0.25) is 9.69 Å². The Hall–Kier alpha value is -1.40. The third kappa shape index (κ3) is 3.93. The molecule has 3 heterocycles. The van der Waals surface area contributed by atoms with Gasteiger partial charge in [-0.2, -0.15) is 0 Å². The molecule has 6 nitrogen and oxygen atoms in total. The standard InChI is InChI=1S/C16H24ClN5O/c1-13(15(23)21-5-3-2-4-6-21)20-7-9-22(10-8-20)16-18-11-14(17)12-19-16/h11-13H,2-10H2,1H3/t13-/m1/s1. The van der Waals surface area contributed by atoms with Gasteiger partial charge in [0.25, 0.3) is 0 Å². The zero-order chi connectivity index (χ0) is 16.2. The number of piperazine rings is 1. The summed E-state index contributed by atoms with van der Waals surface area (Å²) in [5, 5.41) is 0.549. The normalized spacial score (nSPS) is 21.3. The van der Waals surface area contributed by atoms with Crippen molar-refractivity contribution in [1.82, 2.24) is 19.8 Å². The van der Waals surface area contributed by atoms with Crippen LogP contribution in [0, 0.1) is 0 Å². The molecule has 2 saturated heterocycles. The molecule has 0 saturated carbocycles. The molecule has 0 aromatic carbocycles. The number of carbonyl (C=O) groups excluding carboxylic acids is 1. The van der Waals surface area contributed by atoms with E-state index < -0.39 is 0 Å². The largest absolute Gasteiger partial charge is 0.341 e. The lowest BCUT2D eigenvalue weighted by Gasteiger charge is -2.39. The van der Waals surface area contributed by atoms with Crippen molar-refractivity contribution in [3.05, 3.63) is 17.4 Å². The lowest BCUT2D eigenvalue weighted by molar-refractivity contribution is -0.137. The maximum Gasteiger partial charge on any atom is 0.239 e. The average molecular weight is 338 g/mol. The zero-order valence-corrected chi connectivity index (χ0v) is 14.4. The maximum absolute atomic E-state index is 12.6. The molecule has 23 heavy (non-hydrogen) atoms. The van der Waals surface area contributed by atoms with Crippen LogP contribution in [0.3, 0.4) is 0 Å². The van der Waals surface area contributed by atoms with E-state index in [1.54, 1.807) is 12.4 Å². The second kappa shape index (κ2) is 7.45. The van der Waals surface area contributed by atoms with Crippen LogP contribution in [0.25, 0.3) is 0 Å². The summed E-state index contributed by atoms with van der Waals surface area (Å²) >= 11 is 5.83. The molecule has 0 unspecified atom stereocenters. The van der Waals surface area contributed by atoms with E-state index >= 15 is 0 Å². The van der Waals surface area contributed by atoms with Crippen LogP contribution >= 0.6 is 11.6 Å². The van der Waals surface area contributed by atoms with E-state index in [4.69, 9.17) is 11.6 Å². The Morgan fingerprint density at radius 1 is 1.04 bits per heavy atom. The van der Waals surface area contributed by atoms with Gasteiger partial charge in [-0.05, 0) is 26.2 Å². The van der Waals surface area contributed by atoms with Gasteiger partial charge in [0.15, 0.2) is 0 Å². The van der Waals surface area contributed by atoms with E-state index in [0.717, 1.165) is 52.1 Å². The lowest BCUT2D eigenvalue weighted by atomic mass is 10.1. The van der Waals surface area contributed by atoms with Gasteiger partial charge in [-0.25, -0.2) is 9.97 Å². The molecule has 1 atom stereocenters. The van der Waals surface area contributed by atoms with E-state index in [1.807, 2.05) is 11.8 Å². The molecule has 0 bridgehead atoms. The fourth-order valence-electron chi connectivity index (χ4n) is 3.31. The molecule has 1 amide bonds. The van der Waals surface area contributed by atoms with Crippen LogP contribution in [0.15, 0.2) is 12.4 Å². The Morgan fingerprint density at radius 3 is 2.26 bits per heavy atom. The van der Waals surface area contributed by atoms with Gasteiger partial charge in [0.05, 0.1) is 23.5 Å². The number of hydrogen-bond donors (Lipinski definition) is 0. The number of likely N-dealkylation sites (tertiary alicyclic amines) is 1. The van der Waals surface area contributed by atoms with Crippen molar-refractivity contribution in [2.45, 2.75) is 32.2 Å². The molecule has 126 valence electrons. The Balaban J connectivity index is 1.53. The van der Waals surface area contributed by atoms with Crippen molar-refractivity contribution in [1.29, 1.82) is 0 Å². The molecule has 3 rings (SSSR count). The minimum Gasteiger partial charge on any atom is -0.341 e. The van der Waals surface area contributed by atoms with Crippen LogP contribution in [-0.2, 0) is 4.79 Å². The van der Waals surface area contributed by atoms with Crippen molar-refractivity contribution in [2.24, 2.45) is 0 Å². The molecule has 0 N–H and O–H groups in total. The summed E-state index contributed by atoms with van der Waals surface area (Å²) in [6.07, 6.45) is 6.77. The molecular formula is C16H24ClN5O. The fraction of sp³-hybridized carbons (Fsp3) is 0.688. The van der Waals surface area contributed by atoms with Crippen LogP contribution < -0.4 is 4.90 Å². The number of piperidine rings is 1. The van der Waals surface area contributed by atoms with Gasteiger partial charge in [0, 0.05) is 39.3 Å². The summed E-state index contributed by atoms with van der Waals surface area (Å²) in [6.45, 7) is 7.24. The summed E-state index contributed by atoms with van der Waals surface area (Å²) in [5.74, 6) is 0.991. The summed E-state index contributed by atoms with van der Waals surface area (Å²) in [4.78, 5) is 27.6. The first-order chi connectivity index (χ1) is 11.1. The van der Waals surface area contributed by atoms with E-state index in [-0.39, 0.29) is 11.9 Å². The predicted molar refractivity (Wildman–Crippen MR) is 90.7 cm³/mol. The zero-order valence-electron chi connectivity index (χ0n) is 13.6. The maximum atomic E-state index is 12.6. The van der Waals surface area contributed by atoms with E-state index in [1.165, 1.54) is 6.42 Å². The summed E-state index contributed by atoms with van der Waals surface area (Å²) in [7, 11) is 0. The number of hydrogen-bond acceptors (Lipinski definition) is 5. The monoisotopic (exact) mass is 337 g/mol. The van der Waals surface area contributed by atoms with Crippen molar-refractivity contribution >= 4 is 23.5 Å². The minimum atomic E-state index is -0.0404. The molecule has 0 radical (unpaired) electrons. The topological polar surface area (TPSA) is 52.6 Å². The molecule has 2 aliphatic heterocycles. The van der Waals surface area contributed by atoms with Crippen LogP contribution in [0.2, 0.25) is 5.02 Å². The molecule has 2 aliphatic rings. The SMILES string of the molecule is C[C@H](C(=O)N1CCCCC1)N1CCN(c2ncc(Cl)cn2)CC1. The van der Waals surface area contributed by atoms with E-state index in [9.17, 15) is 4.79 Å². The smallest absolute Gasteiger partial charge is 0.239 e. The van der Waals surface area contributed by atoms with E-state index in [0.29, 0.717) is 11.0 Å². The van der Waals surface area contributed by atoms with Crippen LogP contribution in [0.1, 0.15) is 26.2 Å². The number of anilines is 1. The first kappa shape index (κ1) is 16.5. The van der Waals surface area contributed by atoms with Gasteiger partial charge in [0.1, 0.15) is 0 Å². The average Bonchev–Trinajstić information content (AvgIpc) is 2.62. The number of rotatable bonds is 3. The third-order valence-electron chi connectivity index (χ3n) is 4.78. The summed E-state index contributed by atoms with van der Waals surface area (Å²) < 4.78 is 0. The van der Waals surface area contributed by atoms with Crippen LogP contribution in [-0.4, -0.2) is 71.0 Å². The number of carbonyl (C=O) groups is 1. The first-order valence-corrected chi connectivity index (χ1v) is 8.78. The summed E-state index contributed by atoms with van der Waals surface area (Å²) in [6, 6.07) is -0.0404. The highest BCUT2D eigenvalue weighted by molar-refractivity contribution is 6.30. The number of halogens is 1. The van der Waals surface area contributed by atoms with Gasteiger partial charge >= 0.3 is 0 Å². The molecule has 0 spiro atoms. The van der Waals surface area contributed by atoms with Gasteiger partial charge in [-0.15, -0.1) is 0 Å². The molecule has 0 aliphatic carbocycles. The third-order valence-corrected chi connectivity index (χ3v) is 4.97. The number of aromatic nitrogens is 2. The number of nitrogens with zero attached hydrogens (tertiary/aromatic N) is 5. The minimum absolute atomic E-state index is 0.0404. The highest BCUT2D eigenvalue weighted by Crippen LogP contribution is 2.16. The predicted octanol–water partition coefficient (Wildman–Crippen LogP) is 1.65. The fourth-order valence-corrected chi connectivity index (χ4v) is 3.41. The lowest BCUT2D eigenvalue weighted by Crippen LogP contribution is -2.55. The second-order valence-electron chi connectivity index (χ2n) is 6.29. The first-order valence-electron chi connectivity index (χ1n) is 8.40. The Bertz CT molecular complexity index is 524. The Labute approximate surface area is 142 Å². The van der Waals surface area contributed by atoms with E-state index in [2.05, 4.69) is 19.8 Å². The van der Waals surface area contributed by atoms with Gasteiger partial charge < -0.3 is 9.80 Å². The van der Waals surface area contributed by atoms with Crippen LogP contribution in [0.4, 0.5) is 5.95 Å². The molecule has 1 aromatic rings. The quantitative estimate of drug-likeness (QED) is 0.839. The van der Waals surface area contributed by atoms with Crippen LogP contribution in [0.5, 0.6) is 0 Å². The Morgan fingerprint density at radius 2 is 1.65 bits per heavy atom. The highest BCUT2D eigenvalue weighted by Gasteiger charge is 2.29. The molecule has 2 fully saturated rings. The molecular weight excluding hydrogens is 314 g/mol. The van der Waals surface area contributed by atoms with Gasteiger partial charge in [-0.1, -0.05) is 11.6 Å². The summed E-state index contributed by atoms with van der Waals surface area (Å²) in [5.41, 5.74) is 0. The highest BCUT2D eigenvalue weighted by atomic mass is 35.5. The van der Waals surface area contributed by atoms with Crippen molar-refractivity contribution in [2.75, 3.05) is 44.2 Å². The van der Waals surface area contributed by atoms with Crippen molar-refractivity contribution in [3.63, 3.8) is 0 Å². The molecule has 1 aromatic heterocycles. The number of amides is 1. The van der Waals surface area contributed by atoms with Crippen molar-refractivity contribution in [3.8, 4) is 0 Å². The Kier molecular flexibility index (Phi) is 5.33.